The first-order valence-corrected chi connectivity index (χ1v) is 6.10. The fraction of sp³-hybridized carbons (Fsp3) is 0.0667. The average Bonchev–Trinajstić information content (AvgIpc) is 2.80. The lowest BCUT2D eigenvalue weighted by molar-refractivity contribution is -0.384. The zero-order valence-corrected chi connectivity index (χ0v) is 11.0. The Morgan fingerprint density at radius 3 is 2.33 bits per heavy atom. The van der Waals surface area contributed by atoms with Gasteiger partial charge in [0.15, 0.2) is 5.78 Å². The molecule has 21 heavy (non-hydrogen) atoms. The topological polar surface area (TPSA) is 86.5 Å². The maximum atomic E-state index is 12.4. The molecule has 0 bridgehead atoms. The number of carbonyl (C=O) groups is 2. The van der Waals surface area contributed by atoms with E-state index in [1.165, 1.54) is 31.4 Å². The SMILES string of the molecule is COC(=O)c1cccc2c1-c1c(cccc1[N+](=O)[O-])C2=O. The summed E-state index contributed by atoms with van der Waals surface area (Å²) in [5, 5.41) is 11.2. The molecule has 6 nitrogen and oxygen atoms in total. The van der Waals surface area contributed by atoms with Gasteiger partial charge in [0.1, 0.15) is 0 Å². The lowest BCUT2D eigenvalue weighted by Gasteiger charge is -2.07. The Morgan fingerprint density at radius 2 is 1.71 bits per heavy atom. The first-order chi connectivity index (χ1) is 10.1. The maximum Gasteiger partial charge on any atom is 0.338 e. The smallest absolute Gasteiger partial charge is 0.338 e. The van der Waals surface area contributed by atoms with Crippen molar-refractivity contribution in [3.8, 4) is 11.1 Å². The van der Waals surface area contributed by atoms with Gasteiger partial charge >= 0.3 is 5.97 Å². The standard InChI is InChI=1S/C15H9NO5/c1-21-15(18)10-6-2-4-8-12(10)13-9(14(8)17)5-3-7-11(13)16(19)20/h2-7H,1H3. The van der Waals surface area contributed by atoms with Crippen LogP contribution < -0.4 is 0 Å². The Hall–Kier alpha value is -3.02. The number of ketones is 1. The molecule has 0 unspecified atom stereocenters. The van der Waals surface area contributed by atoms with E-state index < -0.39 is 10.9 Å². The van der Waals surface area contributed by atoms with Crippen molar-refractivity contribution in [3.05, 3.63) is 63.2 Å². The minimum atomic E-state index is -0.634. The molecule has 0 fully saturated rings. The van der Waals surface area contributed by atoms with Gasteiger partial charge in [-0.3, -0.25) is 14.9 Å². The molecule has 0 spiro atoms. The normalized spacial score (nSPS) is 11.8. The minimum Gasteiger partial charge on any atom is -0.465 e. The van der Waals surface area contributed by atoms with E-state index >= 15 is 0 Å². The molecule has 0 N–H and O–H groups in total. The van der Waals surface area contributed by atoms with E-state index in [9.17, 15) is 19.7 Å². The summed E-state index contributed by atoms with van der Waals surface area (Å²) in [5.74, 6) is -0.958. The highest BCUT2D eigenvalue weighted by Gasteiger charge is 2.36. The zero-order chi connectivity index (χ0) is 15.1. The molecular formula is C15H9NO5. The molecule has 104 valence electrons. The van der Waals surface area contributed by atoms with Crippen molar-refractivity contribution in [1.82, 2.24) is 0 Å². The van der Waals surface area contributed by atoms with Crippen molar-refractivity contribution in [2.45, 2.75) is 0 Å². The monoisotopic (exact) mass is 283 g/mol. The van der Waals surface area contributed by atoms with E-state index in [2.05, 4.69) is 0 Å². The van der Waals surface area contributed by atoms with E-state index in [0.29, 0.717) is 0 Å². The second kappa shape index (κ2) is 4.52. The van der Waals surface area contributed by atoms with Gasteiger partial charge < -0.3 is 4.74 Å². The summed E-state index contributed by atoms with van der Waals surface area (Å²) in [5.41, 5.74) is 0.922. The van der Waals surface area contributed by atoms with Crippen LogP contribution in [-0.4, -0.2) is 23.8 Å². The van der Waals surface area contributed by atoms with E-state index in [1.54, 1.807) is 12.1 Å². The van der Waals surface area contributed by atoms with Gasteiger partial charge in [-0.05, 0) is 12.1 Å². The van der Waals surface area contributed by atoms with Crippen molar-refractivity contribution in [3.63, 3.8) is 0 Å². The summed E-state index contributed by atoms with van der Waals surface area (Å²) < 4.78 is 4.69. The predicted octanol–water partition coefficient (Wildman–Crippen LogP) is 2.59. The highest BCUT2D eigenvalue weighted by Crippen LogP contribution is 2.44. The van der Waals surface area contributed by atoms with Crippen LogP contribution in [0.3, 0.4) is 0 Å². The van der Waals surface area contributed by atoms with Crippen molar-refractivity contribution in [2.24, 2.45) is 0 Å². The van der Waals surface area contributed by atoms with Gasteiger partial charge in [-0.1, -0.05) is 18.2 Å². The second-order valence-electron chi connectivity index (χ2n) is 4.51. The predicted molar refractivity (Wildman–Crippen MR) is 73.3 cm³/mol. The summed E-state index contributed by atoms with van der Waals surface area (Å²) in [6.45, 7) is 0. The minimum absolute atomic E-state index is 0.149. The number of benzene rings is 2. The van der Waals surface area contributed by atoms with Gasteiger partial charge in [0.2, 0.25) is 0 Å². The molecule has 0 aromatic heterocycles. The van der Waals surface area contributed by atoms with E-state index in [-0.39, 0.29) is 39.3 Å². The van der Waals surface area contributed by atoms with Crippen LogP contribution in [0.4, 0.5) is 5.69 Å². The Morgan fingerprint density at radius 1 is 1.10 bits per heavy atom. The highest BCUT2D eigenvalue weighted by atomic mass is 16.6. The zero-order valence-electron chi connectivity index (χ0n) is 11.0. The number of carbonyl (C=O) groups excluding carboxylic acids is 2. The Bertz CT molecular complexity index is 810. The molecule has 0 heterocycles. The Labute approximate surface area is 119 Å². The van der Waals surface area contributed by atoms with E-state index in [4.69, 9.17) is 4.74 Å². The van der Waals surface area contributed by atoms with Crippen LogP contribution >= 0.6 is 0 Å². The number of fused-ring (bicyclic) bond motifs is 3. The van der Waals surface area contributed by atoms with Gasteiger partial charge in [-0.15, -0.1) is 0 Å². The fourth-order valence-electron chi connectivity index (χ4n) is 2.58. The number of ether oxygens (including phenoxy) is 1. The molecule has 0 aliphatic heterocycles. The maximum absolute atomic E-state index is 12.4. The van der Waals surface area contributed by atoms with Gasteiger partial charge in [0.05, 0.1) is 23.2 Å². The number of hydrogen-bond donors (Lipinski definition) is 0. The van der Waals surface area contributed by atoms with Gasteiger partial charge in [0.25, 0.3) is 5.69 Å². The average molecular weight is 283 g/mol. The quantitative estimate of drug-likeness (QED) is 0.410. The molecule has 0 saturated carbocycles. The number of hydrogen-bond acceptors (Lipinski definition) is 5. The third-order valence-corrected chi connectivity index (χ3v) is 3.45. The second-order valence-corrected chi connectivity index (χ2v) is 4.51. The lowest BCUT2D eigenvalue weighted by atomic mass is 9.98. The first-order valence-electron chi connectivity index (χ1n) is 6.10. The van der Waals surface area contributed by atoms with Crippen molar-refractivity contribution >= 4 is 17.4 Å². The van der Waals surface area contributed by atoms with E-state index in [1.807, 2.05) is 0 Å². The van der Waals surface area contributed by atoms with Crippen LogP contribution in [-0.2, 0) is 4.74 Å². The van der Waals surface area contributed by atoms with Crippen molar-refractivity contribution in [2.75, 3.05) is 7.11 Å². The van der Waals surface area contributed by atoms with Crippen LogP contribution in [0.1, 0.15) is 26.3 Å². The third-order valence-electron chi connectivity index (χ3n) is 3.45. The molecule has 2 aromatic rings. The lowest BCUT2D eigenvalue weighted by Crippen LogP contribution is -2.04. The third kappa shape index (κ3) is 1.73. The van der Waals surface area contributed by atoms with Gasteiger partial charge in [-0.2, -0.15) is 0 Å². The largest absolute Gasteiger partial charge is 0.465 e. The molecule has 1 aliphatic carbocycles. The van der Waals surface area contributed by atoms with Gasteiger partial charge in [0, 0.05) is 22.8 Å². The molecule has 0 saturated heterocycles. The highest BCUT2D eigenvalue weighted by molar-refractivity contribution is 6.25. The van der Waals surface area contributed by atoms with Crippen molar-refractivity contribution < 1.29 is 19.2 Å². The first kappa shape index (κ1) is 13.0. The van der Waals surface area contributed by atoms with Crippen LogP contribution in [0, 0.1) is 10.1 Å². The number of nitro groups is 1. The molecular weight excluding hydrogens is 274 g/mol. The Kier molecular flexibility index (Phi) is 2.79. The summed E-state index contributed by atoms with van der Waals surface area (Å²) in [7, 11) is 1.22. The molecule has 0 atom stereocenters. The number of esters is 1. The molecule has 3 rings (SSSR count). The number of rotatable bonds is 2. The number of nitro benzene ring substituents is 1. The van der Waals surface area contributed by atoms with Crippen LogP contribution in [0.2, 0.25) is 0 Å². The summed E-state index contributed by atoms with van der Waals surface area (Å²) in [6.07, 6.45) is 0. The van der Waals surface area contributed by atoms with Crippen LogP contribution in [0.25, 0.3) is 11.1 Å². The molecule has 6 heteroatoms. The van der Waals surface area contributed by atoms with Crippen molar-refractivity contribution in [1.29, 1.82) is 0 Å². The summed E-state index contributed by atoms with van der Waals surface area (Å²) in [6, 6.07) is 8.89. The summed E-state index contributed by atoms with van der Waals surface area (Å²) >= 11 is 0. The summed E-state index contributed by atoms with van der Waals surface area (Å²) in [4.78, 5) is 34.9. The van der Waals surface area contributed by atoms with Crippen LogP contribution in [0.15, 0.2) is 36.4 Å². The van der Waals surface area contributed by atoms with Gasteiger partial charge in [-0.25, -0.2) is 4.79 Å². The molecule has 1 aliphatic rings. The van der Waals surface area contributed by atoms with Crippen LogP contribution in [0.5, 0.6) is 0 Å². The van der Waals surface area contributed by atoms with E-state index in [0.717, 1.165) is 0 Å². The number of methoxy groups -OCH3 is 1. The molecule has 0 radical (unpaired) electrons. The molecule has 0 amide bonds. The number of nitrogens with zero attached hydrogens (tertiary/aromatic N) is 1. The molecule has 2 aromatic carbocycles. The Balaban J connectivity index is 2.42. The fourth-order valence-corrected chi connectivity index (χ4v) is 2.58.